The molecule has 2 heterocycles. The number of nitrogens with zero attached hydrogens (tertiary/aromatic N) is 1. The quantitative estimate of drug-likeness (QED) is 0.528. The van der Waals surface area contributed by atoms with Crippen LogP contribution < -0.4 is 4.40 Å². The van der Waals surface area contributed by atoms with Gasteiger partial charge in [0.1, 0.15) is 12.4 Å². The fourth-order valence-electron chi connectivity index (χ4n) is 0.897. The summed E-state index contributed by atoms with van der Waals surface area (Å²) in [7, 11) is 0. The number of imidazole rings is 1. The molecule has 2 aromatic heterocycles. The number of hydrogen-bond donors (Lipinski definition) is 1. The van der Waals surface area contributed by atoms with Crippen molar-refractivity contribution in [1.29, 1.82) is 0 Å². The van der Waals surface area contributed by atoms with E-state index < -0.39 is 0 Å². The smallest absolute Gasteiger partial charge is 0.247 e. The molecule has 0 aliphatic heterocycles. The zero-order valence-electron chi connectivity index (χ0n) is 5.09. The van der Waals surface area contributed by atoms with Crippen molar-refractivity contribution in [1.82, 2.24) is 4.98 Å². The van der Waals surface area contributed by atoms with E-state index in [1.54, 1.807) is 11.3 Å². The molecule has 2 rings (SSSR count). The summed E-state index contributed by atoms with van der Waals surface area (Å²) in [6.45, 7) is 2.11. The minimum absolute atomic E-state index is 1.27. The molecule has 2 aromatic rings. The Morgan fingerprint density at radius 3 is 3.33 bits per heavy atom. The number of thiazole rings is 1. The molecule has 0 aromatic carbocycles. The molecule has 0 unspecified atom stereocenters. The molecule has 1 N–H and O–H groups in total. The van der Waals surface area contributed by atoms with Crippen molar-refractivity contribution < 1.29 is 4.40 Å². The van der Waals surface area contributed by atoms with Gasteiger partial charge in [-0.1, -0.05) is 11.3 Å². The first-order valence-electron chi connectivity index (χ1n) is 2.80. The molecular weight excluding hydrogens is 132 g/mol. The fraction of sp³-hybridized carbons (Fsp3) is 0.167. The van der Waals surface area contributed by atoms with Crippen LogP contribution in [0.5, 0.6) is 0 Å². The molecule has 46 valence electrons. The molecular formula is C6H7N2S+. The first-order chi connectivity index (χ1) is 4.36. The van der Waals surface area contributed by atoms with Gasteiger partial charge in [0.15, 0.2) is 0 Å². The maximum absolute atomic E-state index is 3.02. The van der Waals surface area contributed by atoms with E-state index in [-0.39, 0.29) is 0 Å². The van der Waals surface area contributed by atoms with Crippen LogP contribution in [0.1, 0.15) is 4.88 Å². The summed E-state index contributed by atoms with van der Waals surface area (Å²) in [6.07, 6.45) is 6.05. The molecule has 0 aliphatic rings. The van der Waals surface area contributed by atoms with Gasteiger partial charge < -0.3 is 0 Å². The Bertz CT molecular complexity index is 292. The summed E-state index contributed by atoms with van der Waals surface area (Å²) in [5.74, 6) is 0. The summed E-state index contributed by atoms with van der Waals surface area (Å²) in [5.41, 5.74) is 0. The molecule has 0 saturated heterocycles. The second-order valence-corrected chi connectivity index (χ2v) is 3.29. The highest BCUT2D eigenvalue weighted by Gasteiger charge is 2.01. The summed E-state index contributed by atoms with van der Waals surface area (Å²) in [4.78, 5) is 5.64. The lowest BCUT2D eigenvalue weighted by atomic mass is 10.6. The van der Waals surface area contributed by atoms with Gasteiger partial charge in [0.25, 0.3) is 0 Å². The molecule has 0 aliphatic carbocycles. The van der Waals surface area contributed by atoms with Crippen molar-refractivity contribution in [2.45, 2.75) is 6.92 Å². The van der Waals surface area contributed by atoms with Gasteiger partial charge in [0.05, 0.1) is 0 Å². The number of aromatic amines is 1. The largest absolute Gasteiger partial charge is 0.248 e. The van der Waals surface area contributed by atoms with Gasteiger partial charge in [-0.15, -0.1) is 0 Å². The van der Waals surface area contributed by atoms with Crippen molar-refractivity contribution >= 4 is 16.2 Å². The zero-order valence-corrected chi connectivity index (χ0v) is 5.90. The van der Waals surface area contributed by atoms with E-state index in [4.69, 9.17) is 0 Å². The van der Waals surface area contributed by atoms with Crippen LogP contribution in [0, 0.1) is 6.92 Å². The molecule has 9 heavy (non-hydrogen) atoms. The SMILES string of the molecule is Cc1c[n+]2c[nH]cc2s1. The molecule has 0 fully saturated rings. The lowest BCUT2D eigenvalue weighted by Gasteiger charge is -1.65. The van der Waals surface area contributed by atoms with Crippen molar-refractivity contribution in [2.24, 2.45) is 0 Å². The molecule has 3 heteroatoms. The maximum Gasteiger partial charge on any atom is 0.247 e. The van der Waals surface area contributed by atoms with E-state index >= 15 is 0 Å². The lowest BCUT2D eigenvalue weighted by Crippen LogP contribution is -2.11. The fourth-order valence-corrected chi connectivity index (χ4v) is 1.73. The molecule has 2 nitrogen and oxygen atoms in total. The summed E-state index contributed by atoms with van der Waals surface area (Å²) >= 11 is 1.79. The van der Waals surface area contributed by atoms with Crippen LogP contribution in [0.15, 0.2) is 18.7 Å². The molecule has 0 radical (unpaired) electrons. The van der Waals surface area contributed by atoms with Crippen LogP contribution >= 0.6 is 11.3 Å². The van der Waals surface area contributed by atoms with Crippen LogP contribution in [0.2, 0.25) is 0 Å². The average Bonchev–Trinajstić information content (AvgIpc) is 2.22. The Hall–Kier alpha value is -0.830. The van der Waals surface area contributed by atoms with Crippen LogP contribution in [0.3, 0.4) is 0 Å². The minimum Gasteiger partial charge on any atom is -0.248 e. The Kier molecular flexibility index (Phi) is 0.873. The number of hydrogen-bond acceptors (Lipinski definition) is 1. The van der Waals surface area contributed by atoms with Gasteiger partial charge in [-0.25, -0.2) is 4.98 Å². The third-order valence-corrected chi connectivity index (χ3v) is 2.23. The van der Waals surface area contributed by atoms with Gasteiger partial charge in [-0.2, -0.15) is 4.40 Å². The third-order valence-electron chi connectivity index (χ3n) is 1.26. The van der Waals surface area contributed by atoms with Gasteiger partial charge in [0.2, 0.25) is 11.2 Å². The van der Waals surface area contributed by atoms with E-state index in [1.165, 1.54) is 9.71 Å². The van der Waals surface area contributed by atoms with Gasteiger partial charge >= 0.3 is 0 Å². The first-order valence-corrected chi connectivity index (χ1v) is 3.62. The van der Waals surface area contributed by atoms with Crippen LogP contribution in [0.4, 0.5) is 0 Å². The first kappa shape index (κ1) is 4.99. The third kappa shape index (κ3) is 0.650. The zero-order chi connectivity index (χ0) is 6.27. The summed E-state index contributed by atoms with van der Waals surface area (Å²) < 4.78 is 2.08. The Morgan fingerprint density at radius 1 is 1.67 bits per heavy atom. The van der Waals surface area contributed by atoms with Crippen LogP contribution in [-0.4, -0.2) is 4.98 Å². The minimum atomic E-state index is 1.27. The highest BCUT2D eigenvalue weighted by atomic mass is 32.1. The van der Waals surface area contributed by atoms with Gasteiger partial charge in [-0.3, -0.25) is 0 Å². The van der Waals surface area contributed by atoms with Crippen molar-refractivity contribution in [3.05, 3.63) is 23.6 Å². The lowest BCUT2D eigenvalue weighted by molar-refractivity contribution is -0.506. The molecule has 0 saturated carbocycles. The predicted octanol–water partition coefficient (Wildman–Crippen LogP) is 1.12. The number of aromatic nitrogens is 2. The van der Waals surface area contributed by atoms with E-state index in [1.807, 2.05) is 12.5 Å². The number of rotatable bonds is 0. The maximum atomic E-state index is 3.02. The standard InChI is InChI=1S/C6H6N2S/c1-5-3-8-4-7-2-6(8)9-5/h2-4H,1H3/p+1. The van der Waals surface area contributed by atoms with Crippen molar-refractivity contribution in [3.8, 4) is 0 Å². The predicted molar refractivity (Wildman–Crippen MR) is 36.6 cm³/mol. The van der Waals surface area contributed by atoms with E-state index in [0.717, 1.165) is 0 Å². The van der Waals surface area contributed by atoms with E-state index in [9.17, 15) is 0 Å². The number of fused-ring (bicyclic) bond motifs is 1. The second kappa shape index (κ2) is 1.57. The molecule has 0 bridgehead atoms. The van der Waals surface area contributed by atoms with Crippen LogP contribution in [0.25, 0.3) is 4.83 Å². The number of nitrogens with one attached hydrogen (secondary N) is 1. The normalized spacial score (nSPS) is 10.8. The van der Waals surface area contributed by atoms with Crippen molar-refractivity contribution in [2.75, 3.05) is 0 Å². The summed E-state index contributed by atoms with van der Waals surface area (Å²) in [6, 6.07) is 0. The number of H-pyrrole nitrogens is 1. The molecule has 0 atom stereocenters. The number of aryl methyl sites for hydroxylation is 1. The Balaban J connectivity index is 2.92. The Labute approximate surface area is 56.8 Å². The Morgan fingerprint density at radius 2 is 2.56 bits per heavy atom. The summed E-state index contributed by atoms with van der Waals surface area (Å²) in [5, 5.41) is 0. The second-order valence-electron chi connectivity index (χ2n) is 2.03. The van der Waals surface area contributed by atoms with E-state index in [0.29, 0.717) is 0 Å². The molecule has 0 spiro atoms. The highest BCUT2D eigenvalue weighted by Crippen LogP contribution is 2.08. The van der Waals surface area contributed by atoms with E-state index in [2.05, 4.69) is 22.5 Å². The monoisotopic (exact) mass is 139 g/mol. The average molecular weight is 139 g/mol. The topological polar surface area (TPSA) is 19.9 Å². The van der Waals surface area contributed by atoms with Gasteiger partial charge in [-0.05, 0) is 6.92 Å². The highest BCUT2D eigenvalue weighted by molar-refractivity contribution is 7.16. The van der Waals surface area contributed by atoms with Crippen molar-refractivity contribution in [3.63, 3.8) is 0 Å². The molecule has 0 amide bonds. The van der Waals surface area contributed by atoms with Crippen LogP contribution in [-0.2, 0) is 0 Å². The van der Waals surface area contributed by atoms with Gasteiger partial charge in [0, 0.05) is 4.88 Å².